The molecule has 1 aliphatic rings. The van der Waals surface area contributed by atoms with Gasteiger partial charge in [0.05, 0.1) is 12.9 Å². The zero-order valence-corrected chi connectivity index (χ0v) is 20.1. The van der Waals surface area contributed by atoms with E-state index in [-0.39, 0.29) is 42.7 Å². The molecule has 8 nitrogen and oxygen atoms in total. The van der Waals surface area contributed by atoms with Crippen molar-refractivity contribution in [3.05, 3.63) is 89.0 Å². The Kier molecular flexibility index (Phi) is 7.14. The molecule has 2 heterocycles. The van der Waals surface area contributed by atoms with Crippen molar-refractivity contribution in [1.29, 1.82) is 0 Å². The van der Waals surface area contributed by atoms with Crippen molar-refractivity contribution in [2.45, 2.75) is 45.4 Å². The van der Waals surface area contributed by atoms with Crippen molar-refractivity contribution in [2.75, 3.05) is 6.54 Å². The molecule has 0 saturated carbocycles. The molecule has 1 aliphatic heterocycles. The Labute approximate surface area is 207 Å². The predicted molar refractivity (Wildman–Crippen MR) is 128 cm³/mol. The average molecular weight is 496 g/mol. The number of amides is 3. The van der Waals surface area contributed by atoms with E-state index in [0.29, 0.717) is 18.5 Å². The molecular weight excluding hydrogens is 468 g/mol. The molecule has 3 amide bonds. The molecule has 2 aromatic carbocycles. The fourth-order valence-electron chi connectivity index (χ4n) is 4.32. The maximum Gasteiger partial charge on any atom is 0.273 e. The first-order valence-electron chi connectivity index (χ1n) is 11.7. The number of fused-ring (bicyclic) bond motifs is 1. The third-order valence-electron chi connectivity index (χ3n) is 6.22. The molecular formula is C26H27F2N5O3. The Hall–Kier alpha value is -4.08. The Bertz CT molecular complexity index is 1290. The third-order valence-corrected chi connectivity index (χ3v) is 6.22. The lowest BCUT2D eigenvalue weighted by Crippen LogP contribution is -2.64. The molecule has 0 bridgehead atoms. The van der Waals surface area contributed by atoms with Gasteiger partial charge in [0.25, 0.3) is 11.8 Å². The Balaban J connectivity index is 1.53. The minimum Gasteiger partial charge on any atom is -0.350 e. The van der Waals surface area contributed by atoms with Crippen LogP contribution in [0.1, 0.15) is 52.4 Å². The zero-order chi connectivity index (χ0) is 25.9. The molecule has 0 spiro atoms. The van der Waals surface area contributed by atoms with E-state index in [1.807, 2.05) is 6.92 Å². The van der Waals surface area contributed by atoms with Gasteiger partial charge in [-0.25, -0.2) is 13.8 Å². The second-order valence-corrected chi connectivity index (χ2v) is 8.92. The van der Waals surface area contributed by atoms with Gasteiger partial charge in [-0.05, 0) is 48.7 Å². The van der Waals surface area contributed by atoms with Gasteiger partial charge in [-0.1, -0.05) is 31.2 Å². The highest BCUT2D eigenvalue weighted by molar-refractivity contribution is 6.07. The number of halogens is 2. The van der Waals surface area contributed by atoms with E-state index in [4.69, 9.17) is 0 Å². The molecule has 0 aliphatic carbocycles. The number of carbonyl (C=O) groups is 3. The monoisotopic (exact) mass is 495 g/mol. The van der Waals surface area contributed by atoms with Gasteiger partial charge in [0.15, 0.2) is 5.69 Å². The molecule has 1 atom stereocenters. The molecule has 4 rings (SSSR count). The van der Waals surface area contributed by atoms with Crippen LogP contribution in [0.25, 0.3) is 0 Å². The Morgan fingerprint density at radius 1 is 1.03 bits per heavy atom. The largest absolute Gasteiger partial charge is 0.350 e. The summed E-state index contributed by atoms with van der Waals surface area (Å²) in [4.78, 5) is 45.4. The number of hydrogen-bond acceptors (Lipinski definition) is 4. The zero-order valence-electron chi connectivity index (χ0n) is 20.1. The molecule has 10 heteroatoms. The van der Waals surface area contributed by atoms with Crippen LogP contribution in [0.4, 0.5) is 8.78 Å². The van der Waals surface area contributed by atoms with E-state index in [0.717, 1.165) is 5.56 Å². The van der Waals surface area contributed by atoms with Crippen LogP contribution in [0.3, 0.4) is 0 Å². The number of imidazole rings is 1. The van der Waals surface area contributed by atoms with Crippen LogP contribution >= 0.6 is 0 Å². The Morgan fingerprint density at radius 2 is 1.75 bits per heavy atom. The van der Waals surface area contributed by atoms with Gasteiger partial charge in [0.1, 0.15) is 22.9 Å². The van der Waals surface area contributed by atoms with Crippen molar-refractivity contribution in [3.63, 3.8) is 0 Å². The fourth-order valence-corrected chi connectivity index (χ4v) is 4.32. The van der Waals surface area contributed by atoms with Crippen LogP contribution in [0.15, 0.2) is 54.9 Å². The smallest absolute Gasteiger partial charge is 0.273 e. The third kappa shape index (κ3) is 4.98. The molecule has 188 valence electrons. The first-order valence-corrected chi connectivity index (χ1v) is 11.7. The summed E-state index contributed by atoms with van der Waals surface area (Å²) in [6, 6.07) is 11.6. The predicted octanol–water partition coefficient (Wildman–Crippen LogP) is 3.03. The number of aromatic nitrogens is 2. The second-order valence-electron chi connectivity index (χ2n) is 8.92. The van der Waals surface area contributed by atoms with Crippen LogP contribution in [0.5, 0.6) is 0 Å². The standard InChI is InChI=1S/C26H27F2N5O3/c1-3-11-33-24(35)22-21(23(34)29-14-18-5-4-6-20(28)12-18)31-16-32(22)15-26(33,2)25(36)30-13-17-7-9-19(27)10-8-17/h4-10,12,16H,3,11,13-15H2,1-2H3,(H,29,34)(H,30,36). The molecule has 1 aromatic heterocycles. The first-order chi connectivity index (χ1) is 17.2. The van der Waals surface area contributed by atoms with Gasteiger partial charge < -0.3 is 20.1 Å². The van der Waals surface area contributed by atoms with Gasteiger partial charge in [-0.3, -0.25) is 14.4 Å². The summed E-state index contributed by atoms with van der Waals surface area (Å²) in [5.74, 6) is -2.20. The number of nitrogens with one attached hydrogen (secondary N) is 2. The first kappa shape index (κ1) is 25.0. The summed E-state index contributed by atoms with van der Waals surface area (Å²) in [6.07, 6.45) is 1.97. The number of carbonyl (C=O) groups excluding carboxylic acids is 3. The average Bonchev–Trinajstić information content (AvgIpc) is 3.28. The summed E-state index contributed by atoms with van der Waals surface area (Å²) in [7, 11) is 0. The van der Waals surface area contributed by atoms with Crippen LogP contribution in [-0.4, -0.2) is 44.3 Å². The topological polar surface area (TPSA) is 96.3 Å². The molecule has 2 N–H and O–H groups in total. The highest BCUT2D eigenvalue weighted by atomic mass is 19.1. The van der Waals surface area contributed by atoms with Crippen molar-refractivity contribution < 1.29 is 23.2 Å². The van der Waals surface area contributed by atoms with Crippen molar-refractivity contribution in [2.24, 2.45) is 0 Å². The molecule has 3 aromatic rings. The molecule has 36 heavy (non-hydrogen) atoms. The van der Waals surface area contributed by atoms with E-state index >= 15 is 0 Å². The summed E-state index contributed by atoms with van der Waals surface area (Å²) < 4.78 is 28.1. The second kappa shape index (κ2) is 10.3. The molecule has 1 unspecified atom stereocenters. The van der Waals surface area contributed by atoms with Crippen LogP contribution < -0.4 is 10.6 Å². The quantitative estimate of drug-likeness (QED) is 0.502. The van der Waals surface area contributed by atoms with Gasteiger partial charge in [0, 0.05) is 19.6 Å². The normalized spacial score (nSPS) is 17.0. The molecule has 0 fully saturated rings. The Morgan fingerprint density at radius 3 is 2.44 bits per heavy atom. The van der Waals surface area contributed by atoms with Gasteiger partial charge in [-0.2, -0.15) is 0 Å². The van der Waals surface area contributed by atoms with E-state index in [2.05, 4.69) is 15.6 Å². The highest BCUT2D eigenvalue weighted by Gasteiger charge is 2.48. The van der Waals surface area contributed by atoms with Crippen molar-refractivity contribution in [1.82, 2.24) is 25.1 Å². The number of benzene rings is 2. The highest BCUT2D eigenvalue weighted by Crippen LogP contribution is 2.29. The number of nitrogens with zero attached hydrogens (tertiary/aromatic N) is 3. The van der Waals surface area contributed by atoms with E-state index in [1.54, 1.807) is 31.2 Å². The van der Waals surface area contributed by atoms with Gasteiger partial charge in [0.2, 0.25) is 5.91 Å². The summed E-state index contributed by atoms with van der Waals surface area (Å²) >= 11 is 0. The maximum absolute atomic E-state index is 13.6. The van der Waals surface area contributed by atoms with Gasteiger partial charge in [-0.15, -0.1) is 0 Å². The number of rotatable bonds is 8. The molecule has 0 radical (unpaired) electrons. The minimum atomic E-state index is -1.23. The lowest BCUT2D eigenvalue weighted by molar-refractivity contribution is -0.133. The number of hydrogen-bond donors (Lipinski definition) is 2. The lowest BCUT2D eigenvalue weighted by Gasteiger charge is -2.43. The summed E-state index contributed by atoms with van der Waals surface area (Å²) in [6.45, 7) is 4.21. The maximum atomic E-state index is 13.6. The van der Waals surface area contributed by atoms with Crippen molar-refractivity contribution >= 4 is 17.7 Å². The van der Waals surface area contributed by atoms with E-state index in [1.165, 1.54) is 40.1 Å². The summed E-state index contributed by atoms with van der Waals surface area (Å²) in [5.41, 5.74) is 0.116. The fraction of sp³-hybridized carbons (Fsp3) is 0.308. The van der Waals surface area contributed by atoms with Crippen LogP contribution in [0.2, 0.25) is 0 Å². The minimum absolute atomic E-state index is 0.0497. The SMILES string of the molecule is CCCN1C(=O)c2c(C(=O)NCc3cccc(F)c3)ncn2CC1(C)C(=O)NCc1ccc(F)cc1. The van der Waals surface area contributed by atoms with Crippen LogP contribution in [-0.2, 0) is 24.4 Å². The van der Waals surface area contributed by atoms with Gasteiger partial charge >= 0.3 is 0 Å². The van der Waals surface area contributed by atoms with E-state index < -0.39 is 23.2 Å². The van der Waals surface area contributed by atoms with E-state index in [9.17, 15) is 23.2 Å². The van der Waals surface area contributed by atoms with Crippen LogP contribution in [0, 0.1) is 11.6 Å². The lowest BCUT2D eigenvalue weighted by atomic mass is 9.94. The molecule has 0 saturated heterocycles. The summed E-state index contributed by atoms with van der Waals surface area (Å²) in [5, 5.41) is 5.52. The van der Waals surface area contributed by atoms with Crippen molar-refractivity contribution in [3.8, 4) is 0 Å².